The fourth-order valence-corrected chi connectivity index (χ4v) is 2.11. The average molecular weight is 290 g/mol. The van der Waals surface area contributed by atoms with Crippen molar-refractivity contribution in [1.29, 1.82) is 0 Å². The molecular formula is C15H15FN2O3. The van der Waals surface area contributed by atoms with Crippen LogP contribution in [0.1, 0.15) is 24.1 Å². The van der Waals surface area contributed by atoms with Gasteiger partial charge in [-0.05, 0) is 26.0 Å². The minimum atomic E-state index is -0.519. The van der Waals surface area contributed by atoms with Crippen LogP contribution in [-0.2, 0) is 0 Å². The second-order valence-electron chi connectivity index (χ2n) is 4.83. The maximum atomic E-state index is 13.0. The molecule has 1 unspecified atom stereocenters. The van der Waals surface area contributed by atoms with Gasteiger partial charge in [-0.3, -0.25) is 10.1 Å². The number of halogens is 1. The summed E-state index contributed by atoms with van der Waals surface area (Å²) in [6.07, 6.45) is 0. The molecule has 110 valence electrons. The zero-order valence-electron chi connectivity index (χ0n) is 11.6. The summed E-state index contributed by atoms with van der Waals surface area (Å²) in [5.41, 5.74) is 1.67. The molecule has 0 saturated heterocycles. The van der Waals surface area contributed by atoms with Gasteiger partial charge in [-0.1, -0.05) is 12.1 Å². The van der Waals surface area contributed by atoms with Crippen molar-refractivity contribution in [3.8, 4) is 5.75 Å². The summed E-state index contributed by atoms with van der Waals surface area (Å²) in [4.78, 5) is 10.5. The Kier molecular flexibility index (Phi) is 4.07. The molecule has 0 bridgehead atoms. The smallest absolute Gasteiger partial charge is 0.274 e. The highest BCUT2D eigenvalue weighted by Gasteiger charge is 2.14. The highest BCUT2D eigenvalue weighted by molar-refractivity contribution is 5.56. The van der Waals surface area contributed by atoms with Gasteiger partial charge in [-0.25, -0.2) is 4.39 Å². The van der Waals surface area contributed by atoms with Gasteiger partial charge in [0.25, 0.3) is 5.69 Å². The Bertz CT molecular complexity index is 689. The van der Waals surface area contributed by atoms with Gasteiger partial charge in [-0.2, -0.15) is 0 Å². The average Bonchev–Trinajstić information content (AvgIpc) is 2.40. The number of phenolic OH excluding ortho intramolecular Hbond substituents is 1. The van der Waals surface area contributed by atoms with Crippen molar-refractivity contribution >= 4 is 11.4 Å². The Morgan fingerprint density at radius 2 is 2.00 bits per heavy atom. The van der Waals surface area contributed by atoms with E-state index in [0.717, 1.165) is 6.07 Å². The minimum Gasteiger partial charge on any atom is -0.507 e. The van der Waals surface area contributed by atoms with Crippen LogP contribution in [0.15, 0.2) is 36.4 Å². The number of nitro groups is 1. The topological polar surface area (TPSA) is 75.4 Å². The van der Waals surface area contributed by atoms with Crippen LogP contribution >= 0.6 is 0 Å². The van der Waals surface area contributed by atoms with E-state index in [2.05, 4.69) is 5.32 Å². The van der Waals surface area contributed by atoms with E-state index in [1.54, 1.807) is 26.0 Å². The molecular weight excluding hydrogens is 275 g/mol. The van der Waals surface area contributed by atoms with Crippen LogP contribution in [0.3, 0.4) is 0 Å². The number of phenols is 1. The first-order valence-electron chi connectivity index (χ1n) is 6.38. The standard InChI is InChI=1S/C15H15FN2O3/c1-9-3-5-12(8-14(9)18(20)21)17-10(2)13-6-4-11(16)7-15(13)19/h3-8,10,17,19H,1-2H3. The van der Waals surface area contributed by atoms with E-state index in [1.807, 2.05) is 0 Å². The Morgan fingerprint density at radius 3 is 2.62 bits per heavy atom. The van der Waals surface area contributed by atoms with E-state index in [0.29, 0.717) is 16.8 Å². The number of rotatable bonds is 4. The van der Waals surface area contributed by atoms with Crippen LogP contribution in [-0.4, -0.2) is 10.0 Å². The van der Waals surface area contributed by atoms with Crippen LogP contribution in [0.4, 0.5) is 15.8 Å². The number of aryl methyl sites for hydroxylation is 1. The number of aromatic hydroxyl groups is 1. The lowest BCUT2D eigenvalue weighted by molar-refractivity contribution is -0.385. The molecule has 0 aliphatic heterocycles. The van der Waals surface area contributed by atoms with Gasteiger partial charge in [0.1, 0.15) is 11.6 Å². The van der Waals surface area contributed by atoms with E-state index in [-0.39, 0.29) is 17.5 Å². The lowest BCUT2D eigenvalue weighted by atomic mass is 10.1. The third-order valence-electron chi connectivity index (χ3n) is 3.25. The molecule has 5 nitrogen and oxygen atoms in total. The van der Waals surface area contributed by atoms with E-state index in [1.165, 1.54) is 18.2 Å². The highest BCUT2D eigenvalue weighted by atomic mass is 19.1. The molecule has 0 saturated carbocycles. The molecule has 0 spiro atoms. The maximum absolute atomic E-state index is 13.0. The number of nitro benzene ring substituents is 1. The molecule has 6 heteroatoms. The number of nitrogens with zero attached hydrogens (tertiary/aromatic N) is 1. The Hall–Kier alpha value is -2.63. The van der Waals surface area contributed by atoms with Crippen molar-refractivity contribution in [3.63, 3.8) is 0 Å². The zero-order chi connectivity index (χ0) is 15.6. The zero-order valence-corrected chi connectivity index (χ0v) is 11.6. The van der Waals surface area contributed by atoms with Gasteiger partial charge in [-0.15, -0.1) is 0 Å². The number of nitrogens with one attached hydrogen (secondary N) is 1. The molecule has 0 aliphatic carbocycles. The summed E-state index contributed by atoms with van der Waals surface area (Å²) in [6, 6.07) is 8.25. The third kappa shape index (κ3) is 3.28. The predicted molar refractivity (Wildman–Crippen MR) is 77.9 cm³/mol. The third-order valence-corrected chi connectivity index (χ3v) is 3.25. The molecule has 0 heterocycles. The lowest BCUT2D eigenvalue weighted by Crippen LogP contribution is -2.07. The fourth-order valence-electron chi connectivity index (χ4n) is 2.11. The molecule has 0 radical (unpaired) electrons. The first-order valence-corrected chi connectivity index (χ1v) is 6.38. The largest absolute Gasteiger partial charge is 0.507 e. The minimum absolute atomic E-state index is 0.0236. The second-order valence-corrected chi connectivity index (χ2v) is 4.83. The number of benzene rings is 2. The summed E-state index contributed by atoms with van der Waals surface area (Å²) < 4.78 is 13.0. The SMILES string of the molecule is Cc1ccc(NC(C)c2ccc(F)cc2O)cc1[N+](=O)[O-]. The first-order chi connectivity index (χ1) is 9.88. The van der Waals surface area contributed by atoms with Crippen molar-refractivity contribution < 1.29 is 14.4 Å². The van der Waals surface area contributed by atoms with Crippen molar-refractivity contribution in [2.24, 2.45) is 0 Å². The van der Waals surface area contributed by atoms with Crippen molar-refractivity contribution in [2.45, 2.75) is 19.9 Å². The number of hydrogen-bond donors (Lipinski definition) is 2. The molecule has 1 atom stereocenters. The predicted octanol–water partition coefficient (Wildman–Crippen LogP) is 3.92. The summed E-state index contributed by atoms with van der Waals surface area (Å²) >= 11 is 0. The van der Waals surface area contributed by atoms with Gasteiger partial charge in [0.05, 0.1) is 11.0 Å². The Morgan fingerprint density at radius 1 is 1.29 bits per heavy atom. The fraction of sp³-hybridized carbons (Fsp3) is 0.200. The molecule has 0 aliphatic rings. The highest BCUT2D eigenvalue weighted by Crippen LogP contribution is 2.29. The van der Waals surface area contributed by atoms with E-state index in [9.17, 15) is 19.6 Å². The molecule has 2 N–H and O–H groups in total. The van der Waals surface area contributed by atoms with Crippen LogP contribution in [0.25, 0.3) is 0 Å². The quantitative estimate of drug-likeness (QED) is 0.661. The summed E-state index contributed by atoms with van der Waals surface area (Å²) in [5.74, 6) is -0.675. The van der Waals surface area contributed by atoms with Gasteiger partial charge in [0.15, 0.2) is 0 Å². The molecule has 21 heavy (non-hydrogen) atoms. The number of hydrogen-bond acceptors (Lipinski definition) is 4. The van der Waals surface area contributed by atoms with Crippen molar-refractivity contribution in [2.75, 3.05) is 5.32 Å². The molecule has 0 fully saturated rings. The lowest BCUT2D eigenvalue weighted by Gasteiger charge is -2.17. The Balaban J connectivity index is 2.25. The second kappa shape index (κ2) is 5.78. The van der Waals surface area contributed by atoms with Crippen LogP contribution < -0.4 is 5.32 Å². The number of anilines is 1. The van der Waals surface area contributed by atoms with E-state index < -0.39 is 10.7 Å². The van der Waals surface area contributed by atoms with Gasteiger partial charge >= 0.3 is 0 Å². The normalized spacial score (nSPS) is 12.0. The van der Waals surface area contributed by atoms with E-state index in [4.69, 9.17) is 0 Å². The Labute approximate surface area is 121 Å². The molecule has 0 aromatic heterocycles. The van der Waals surface area contributed by atoms with Gasteiger partial charge < -0.3 is 10.4 Å². The van der Waals surface area contributed by atoms with Crippen molar-refractivity contribution in [1.82, 2.24) is 0 Å². The molecule has 2 aromatic carbocycles. The summed E-state index contributed by atoms with van der Waals surface area (Å²) in [7, 11) is 0. The molecule has 2 aromatic rings. The molecule has 2 rings (SSSR count). The first kappa shape index (κ1) is 14.8. The summed E-state index contributed by atoms with van der Waals surface area (Å²) in [6.45, 7) is 3.44. The summed E-state index contributed by atoms with van der Waals surface area (Å²) in [5, 5.41) is 23.7. The van der Waals surface area contributed by atoms with Gasteiger partial charge in [0, 0.05) is 28.9 Å². The van der Waals surface area contributed by atoms with Gasteiger partial charge in [0.2, 0.25) is 0 Å². The van der Waals surface area contributed by atoms with Crippen LogP contribution in [0, 0.1) is 22.9 Å². The monoisotopic (exact) mass is 290 g/mol. The van der Waals surface area contributed by atoms with Crippen LogP contribution in [0.2, 0.25) is 0 Å². The van der Waals surface area contributed by atoms with Crippen LogP contribution in [0.5, 0.6) is 5.75 Å². The molecule has 0 amide bonds. The maximum Gasteiger partial charge on any atom is 0.274 e. The van der Waals surface area contributed by atoms with Crippen molar-refractivity contribution in [3.05, 3.63) is 63.5 Å². The van der Waals surface area contributed by atoms with E-state index >= 15 is 0 Å².